The van der Waals surface area contributed by atoms with Gasteiger partial charge in [0.25, 0.3) is 5.91 Å². The van der Waals surface area contributed by atoms with E-state index in [1.165, 1.54) is 6.92 Å². The summed E-state index contributed by atoms with van der Waals surface area (Å²) >= 11 is 0. The molecule has 0 aliphatic carbocycles. The number of aliphatic hydroxyl groups is 1. The fourth-order valence-electron chi connectivity index (χ4n) is 2.50. The van der Waals surface area contributed by atoms with Gasteiger partial charge in [-0.3, -0.25) is 4.79 Å². The number of rotatable bonds is 6. The Morgan fingerprint density at radius 1 is 1.14 bits per heavy atom. The van der Waals surface area contributed by atoms with Gasteiger partial charge < -0.3 is 10.4 Å². The van der Waals surface area contributed by atoms with Crippen LogP contribution in [0.4, 0.5) is 23.4 Å². The highest BCUT2D eigenvalue weighted by atomic mass is 32.2. The van der Waals surface area contributed by atoms with Gasteiger partial charge in [-0.25, -0.2) is 17.8 Å². The molecule has 2 rings (SSSR count). The highest BCUT2D eigenvalue weighted by Gasteiger charge is 2.38. The van der Waals surface area contributed by atoms with Crippen LogP contribution in [-0.2, 0) is 27.2 Å². The summed E-state index contributed by atoms with van der Waals surface area (Å²) in [5.41, 5.74) is -3.76. The lowest BCUT2D eigenvalue weighted by Crippen LogP contribution is -2.46. The maximum Gasteiger partial charge on any atom is 0.433 e. The van der Waals surface area contributed by atoms with E-state index in [4.69, 9.17) is 0 Å². The summed E-state index contributed by atoms with van der Waals surface area (Å²) in [5, 5.41) is 12.3. The molecule has 0 aliphatic heterocycles. The monoisotopic (exact) mass is 434 g/mol. The van der Waals surface area contributed by atoms with Crippen molar-refractivity contribution in [3.63, 3.8) is 0 Å². The van der Waals surface area contributed by atoms with Gasteiger partial charge in [0.15, 0.2) is 15.4 Å². The van der Waals surface area contributed by atoms with Crippen molar-refractivity contribution in [3.8, 4) is 0 Å². The summed E-state index contributed by atoms with van der Waals surface area (Å²) < 4.78 is 77.0. The molecule has 158 valence electrons. The van der Waals surface area contributed by atoms with Crippen molar-refractivity contribution in [1.29, 1.82) is 0 Å². The summed E-state index contributed by atoms with van der Waals surface area (Å²) in [5.74, 6) is -3.49. The number of hydrogen-bond donors (Lipinski definition) is 2. The molecule has 0 saturated carbocycles. The summed E-state index contributed by atoms with van der Waals surface area (Å²) in [7, 11) is -4.19. The molecule has 2 aromatic rings. The van der Waals surface area contributed by atoms with E-state index in [-0.39, 0.29) is 16.9 Å². The smallest absolute Gasteiger partial charge is 0.379 e. The Kier molecular flexibility index (Phi) is 6.33. The van der Waals surface area contributed by atoms with Crippen LogP contribution in [0.5, 0.6) is 0 Å². The van der Waals surface area contributed by atoms with E-state index in [2.05, 4.69) is 4.98 Å². The lowest BCUT2D eigenvalue weighted by atomic mass is 10.1. The highest BCUT2D eigenvalue weighted by Crippen LogP contribution is 2.31. The Morgan fingerprint density at radius 2 is 1.72 bits per heavy atom. The van der Waals surface area contributed by atoms with Gasteiger partial charge in [0, 0.05) is 0 Å². The van der Waals surface area contributed by atoms with Crippen LogP contribution in [0.15, 0.2) is 41.3 Å². The first-order valence-electron chi connectivity index (χ1n) is 8.35. The van der Waals surface area contributed by atoms with Gasteiger partial charge in [0.2, 0.25) is 0 Å². The van der Waals surface area contributed by atoms with Crippen molar-refractivity contribution in [2.24, 2.45) is 0 Å². The molecule has 1 heterocycles. The molecule has 11 heteroatoms. The maximum absolute atomic E-state index is 13.1. The van der Waals surface area contributed by atoms with Crippen molar-refractivity contribution >= 4 is 21.6 Å². The van der Waals surface area contributed by atoms with E-state index < -0.39 is 50.6 Å². The number of benzene rings is 1. The molecule has 0 unspecified atom stereocenters. The summed E-state index contributed by atoms with van der Waals surface area (Å²) in [4.78, 5) is 15.4. The average Bonchev–Trinajstić information content (AvgIpc) is 2.60. The lowest BCUT2D eigenvalue weighted by Gasteiger charge is -2.22. The number of hydrogen-bond acceptors (Lipinski definition) is 5. The van der Waals surface area contributed by atoms with E-state index in [9.17, 15) is 35.9 Å². The number of sulfone groups is 1. The number of nitrogens with one attached hydrogen (secondary N) is 1. The second-order valence-electron chi connectivity index (χ2n) is 6.50. The van der Waals surface area contributed by atoms with E-state index in [1.54, 1.807) is 0 Å². The molecular weight excluding hydrogens is 416 g/mol. The van der Waals surface area contributed by atoms with Gasteiger partial charge in [0.1, 0.15) is 17.3 Å². The second kappa shape index (κ2) is 8.07. The molecule has 0 saturated heterocycles. The maximum atomic E-state index is 13.1. The van der Waals surface area contributed by atoms with Crippen LogP contribution in [-0.4, -0.2) is 35.8 Å². The quantitative estimate of drug-likeness (QED) is 0.538. The number of anilines is 1. The van der Waals surface area contributed by atoms with Gasteiger partial charge in [-0.1, -0.05) is 13.0 Å². The van der Waals surface area contributed by atoms with Gasteiger partial charge in [0.05, 0.1) is 10.6 Å². The van der Waals surface area contributed by atoms with E-state index in [0.717, 1.165) is 43.3 Å². The first-order chi connectivity index (χ1) is 13.3. The van der Waals surface area contributed by atoms with Crippen molar-refractivity contribution < 1.29 is 35.9 Å². The number of halogens is 4. The van der Waals surface area contributed by atoms with E-state index >= 15 is 0 Å². The molecule has 1 atom stereocenters. The van der Waals surface area contributed by atoms with Crippen molar-refractivity contribution in [1.82, 2.24) is 4.98 Å². The van der Waals surface area contributed by atoms with Gasteiger partial charge >= 0.3 is 6.18 Å². The van der Waals surface area contributed by atoms with Gasteiger partial charge in [-0.2, -0.15) is 13.2 Å². The fraction of sp³-hybridized carbons (Fsp3) is 0.333. The first kappa shape index (κ1) is 22.8. The fourth-order valence-corrected chi connectivity index (χ4v) is 4.09. The Bertz CT molecular complexity index is 1000. The molecule has 1 aromatic carbocycles. The minimum Gasteiger partial charge on any atom is -0.379 e. The van der Waals surface area contributed by atoms with Gasteiger partial charge in [-0.15, -0.1) is 0 Å². The summed E-state index contributed by atoms with van der Waals surface area (Å²) in [6.07, 6.45) is -4.69. The average molecular weight is 434 g/mol. The number of amides is 1. The molecule has 1 aromatic heterocycles. The van der Waals surface area contributed by atoms with Crippen molar-refractivity contribution in [2.75, 3.05) is 11.1 Å². The SMILES string of the molecule is CCc1ccc(NC(=O)[C@@](C)(O)CS(=O)(=O)c2ccc(F)cc2)nc1C(F)(F)F. The molecule has 0 radical (unpaired) electrons. The van der Waals surface area contributed by atoms with Crippen molar-refractivity contribution in [2.45, 2.75) is 36.9 Å². The number of pyridine rings is 1. The normalized spacial score (nSPS) is 14.3. The molecular formula is C18H18F4N2O4S. The van der Waals surface area contributed by atoms with Gasteiger partial charge in [-0.05, 0) is 49.2 Å². The second-order valence-corrected chi connectivity index (χ2v) is 8.49. The molecule has 0 aliphatic rings. The minimum absolute atomic E-state index is 0.0592. The Labute approximate surface area is 164 Å². The summed E-state index contributed by atoms with van der Waals surface area (Å²) in [6, 6.07) is 6.00. The van der Waals surface area contributed by atoms with Crippen LogP contribution < -0.4 is 5.32 Å². The Balaban J connectivity index is 2.24. The zero-order valence-electron chi connectivity index (χ0n) is 15.4. The van der Waals surface area contributed by atoms with Crippen molar-refractivity contribution in [3.05, 3.63) is 53.5 Å². The molecule has 2 N–H and O–H groups in total. The Morgan fingerprint density at radius 3 is 2.24 bits per heavy atom. The largest absolute Gasteiger partial charge is 0.433 e. The Hall–Kier alpha value is -2.53. The molecule has 29 heavy (non-hydrogen) atoms. The standard InChI is InChI=1S/C18H18F4N2O4S/c1-3-11-4-9-14(23-15(11)18(20,21)22)24-16(25)17(2,26)10-29(27,28)13-7-5-12(19)6-8-13/h4-9,26H,3,10H2,1-2H3,(H,23,24,25)/t17-/m0/s1. The number of aromatic nitrogens is 1. The van der Waals surface area contributed by atoms with E-state index in [1.807, 2.05) is 5.32 Å². The molecule has 0 spiro atoms. The predicted molar refractivity (Wildman–Crippen MR) is 96.3 cm³/mol. The zero-order valence-corrected chi connectivity index (χ0v) is 16.2. The van der Waals surface area contributed by atoms with Crippen LogP contribution in [0.25, 0.3) is 0 Å². The zero-order chi connectivity index (χ0) is 22.0. The number of carbonyl (C=O) groups excluding carboxylic acids is 1. The molecule has 0 fully saturated rings. The lowest BCUT2D eigenvalue weighted by molar-refractivity contribution is -0.141. The number of alkyl halides is 3. The third kappa shape index (κ3) is 5.51. The van der Waals surface area contributed by atoms with E-state index in [0.29, 0.717) is 0 Å². The van der Waals surface area contributed by atoms with Crippen LogP contribution in [0.1, 0.15) is 25.1 Å². The molecule has 6 nitrogen and oxygen atoms in total. The topological polar surface area (TPSA) is 96.4 Å². The van der Waals surface area contributed by atoms with Crippen LogP contribution >= 0.6 is 0 Å². The number of nitrogens with zero attached hydrogens (tertiary/aromatic N) is 1. The highest BCUT2D eigenvalue weighted by molar-refractivity contribution is 7.91. The number of aryl methyl sites for hydroxylation is 1. The molecule has 0 bridgehead atoms. The minimum atomic E-state index is -4.75. The number of carbonyl (C=O) groups is 1. The molecule has 1 amide bonds. The third-order valence-electron chi connectivity index (χ3n) is 4.00. The van der Waals surface area contributed by atoms with Crippen LogP contribution in [0, 0.1) is 5.82 Å². The third-order valence-corrected chi connectivity index (χ3v) is 5.94. The predicted octanol–water partition coefficient (Wildman–Crippen LogP) is 2.97. The van der Waals surface area contributed by atoms with Crippen LogP contribution in [0.3, 0.4) is 0 Å². The van der Waals surface area contributed by atoms with Crippen LogP contribution in [0.2, 0.25) is 0 Å². The summed E-state index contributed by atoms with van der Waals surface area (Å²) in [6.45, 7) is 2.41. The first-order valence-corrected chi connectivity index (χ1v) is 10.0.